The fourth-order valence-electron chi connectivity index (χ4n) is 4.45. The topological polar surface area (TPSA) is 82.3 Å². The summed E-state index contributed by atoms with van der Waals surface area (Å²) in [6.45, 7) is 3.92. The van der Waals surface area contributed by atoms with Crippen LogP contribution in [-0.2, 0) is 6.54 Å². The molecule has 0 atom stereocenters. The molecule has 4 heterocycles. The van der Waals surface area contributed by atoms with E-state index in [-0.39, 0.29) is 0 Å². The number of benzene rings is 2. The highest BCUT2D eigenvalue weighted by Gasteiger charge is 2.15. The monoisotopic (exact) mass is 444 g/mol. The Bertz CT molecular complexity index is 1600. The van der Waals surface area contributed by atoms with Crippen LogP contribution >= 0.6 is 0 Å². The molecule has 0 amide bonds. The molecule has 0 unspecified atom stereocenters. The Hall–Kier alpha value is -4.29. The summed E-state index contributed by atoms with van der Waals surface area (Å²) in [6.07, 6.45) is 5.59. The molecule has 6 aromatic rings. The van der Waals surface area contributed by atoms with Crippen molar-refractivity contribution in [3.63, 3.8) is 0 Å². The number of nitrogens with zero attached hydrogens (tertiary/aromatic N) is 3. The Morgan fingerprint density at radius 1 is 0.853 bits per heavy atom. The summed E-state index contributed by atoms with van der Waals surface area (Å²) in [5, 5.41) is 13.2. The first-order chi connectivity index (χ1) is 16.8. The average molecular weight is 445 g/mol. The number of rotatable bonds is 6. The van der Waals surface area contributed by atoms with Crippen molar-refractivity contribution >= 4 is 21.9 Å². The summed E-state index contributed by atoms with van der Waals surface area (Å²) < 4.78 is 0. The van der Waals surface area contributed by atoms with Crippen LogP contribution in [0.25, 0.3) is 55.6 Å². The van der Waals surface area contributed by atoms with Crippen molar-refractivity contribution < 1.29 is 0 Å². The number of nitrogens with one attached hydrogen (secondary N) is 3. The molecule has 2 aromatic carbocycles. The third-order valence-electron chi connectivity index (χ3n) is 6.15. The summed E-state index contributed by atoms with van der Waals surface area (Å²) in [7, 11) is 0. The van der Waals surface area contributed by atoms with Crippen molar-refractivity contribution in [1.82, 2.24) is 30.5 Å². The molecule has 0 fully saturated rings. The molecular formula is C28H24N6. The van der Waals surface area contributed by atoms with Gasteiger partial charge in [-0.1, -0.05) is 43.3 Å². The SMILES string of the molecule is CCNCc1cccc(-c2cnc3[nH]nc(-c4cc5c(-c6cccnc6)cccc5[nH]4)c3c2)c1. The second-order valence-corrected chi connectivity index (χ2v) is 8.36. The molecule has 0 spiro atoms. The number of hydrogen-bond donors (Lipinski definition) is 3. The second-order valence-electron chi connectivity index (χ2n) is 8.36. The molecule has 6 heteroatoms. The molecule has 6 rings (SSSR count). The Kier molecular flexibility index (Phi) is 5.13. The molecular weight excluding hydrogens is 420 g/mol. The fourth-order valence-corrected chi connectivity index (χ4v) is 4.45. The maximum atomic E-state index is 4.66. The zero-order valence-corrected chi connectivity index (χ0v) is 18.8. The van der Waals surface area contributed by atoms with Gasteiger partial charge in [-0.05, 0) is 53.6 Å². The van der Waals surface area contributed by atoms with Gasteiger partial charge in [-0.15, -0.1) is 0 Å². The predicted octanol–water partition coefficient (Wildman–Crippen LogP) is 5.94. The minimum absolute atomic E-state index is 0.772. The van der Waals surface area contributed by atoms with E-state index < -0.39 is 0 Å². The molecule has 0 saturated carbocycles. The number of H-pyrrole nitrogens is 2. The van der Waals surface area contributed by atoms with Crippen molar-refractivity contribution in [3.8, 4) is 33.6 Å². The molecule has 0 bridgehead atoms. The third kappa shape index (κ3) is 3.64. The maximum Gasteiger partial charge on any atom is 0.155 e. The van der Waals surface area contributed by atoms with Crippen LogP contribution in [0.15, 0.2) is 85.3 Å². The van der Waals surface area contributed by atoms with Crippen LogP contribution < -0.4 is 5.32 Å². The molecule has 0 aliphatic heterocycles. The zero-order chi connectivity index (χ0) is 22.9. The van der Waals surface area contributed by atoms with E-state index in [4.69, 9.17) is 0 Å². The number of hydrogen-bond acceptors (Lipinski definition) is 4. The molecule has 166 valence electrons. The van der Waals surface area contributed by atoms with E-state index in [1.165, 1.54) is 5.56 Å². The van der Waals surface area contributed by atoms with Gasteiger partial charge in [-0.25, -0.2) is 4.98 Å². The maximum absolute atomic E-state index is 4.66. The normalized spacial score (nSPS) is 11.4. The van der Waals surface area contributed by atoms with E-state index in [1.807, 2.05) is 18.5 Å². The van der Waals surface area contributed by atoms with E-state index in [0.717, 1.165) is 68.7 Å². The molecule has 4 aromatic heterocycles. The average Bonchev–Trinajstić information content (AvgIpc) is 3.51. The largest absolute Gasteiger partial charge is 0.353 e. The van der Waals surface area contributed by atoms with E-state index >= 15 is 0 Å². The molecule has 0 aliphatic rings. The molecule has 0 aliphatic carbocycles. The van der Waals surface area contributed by atoms with E-state index in [1.54, 1.807) is 6.20 Å². The van der Waals surface area contributed by atoms with Gasteiger partial charge in [0.1, 0.15) is 5.69 Å². The molecule has 34 heavy (non-hydrogen) atoms. The quantitative estimate of drug-likeness (QED) is 0.297. The summed E-state index contributed by atoms with van der Waals surface area (Å²) in [5.74, 6) is 0. The van der Waals surface area contributed by atoms with Crippen LogP contribution in [0.5, 0.6) is 0 Å². The van der Waals surface area contributed by atoms with Gasteiger partial charge in [0.2, 0.25) is 0 Å². The Morgan fingerprint density at radius 2 is 1.76 bits per heavy atom. The Morgan fingerprint density at radius 3 is 2.65 bits per heavy atom. The fraction of sp³-hybridized carbons (Fsp3) is 0.107. The lowest BCUT2D eigenvalue weighted by molar-refractivity contribution is 0.727. The highest BCUT2D eigenvalue weighted by Crippen LogP contribution is 2.34. The van der Waals surface area contributed by atoms with Gasteiger partial charge in [0.25, 0.3) is 0 Å². The van der Waals surface area contributed by atoms with Crippen LogP contribution in [-0.4, -0.2) is 31.7 Å². The smallest absolute Gasteiger partial charge is 0.155 e. The van der Waals surface area contributed by atoms with Gasteiger partial charge < -0.3 is 10.3 Å². The number of fused-ring (bicyclic) bond motifs is 2. The summed E-state index contributed by atoms with van der Waals surface area (Å²) in [5.41, 5.74) is 9.36. The summed E-state index contributed by atoms with van der Waals surface area (Å²) in [6, 6.07) is 23.2. The van der Waals surface area contributed by atoms with Gasteiger partial charge in [0.15, 0.2) is 5.65 Å². The van der Waals surface area contributed by atoms with Gasteiger partial charge in [0.05, 0.1) is 5.69 Å². The first-order valence-electron chi connectivity index (χ1n) is 11.5. The van der Waals surface area contributed by atoms with E-state index in [9.17, 15) is 0 Å². The predicted molar refractivity (Wildman–Crippen MR) is 137 cm³/mol. The third-order valence-corrected chi connectivity index (χ3v) is 6.15. The first kappa shape index (κ1) is 20.3. The highest BCUT2D eigenvalue weighted by molar-refractivity contribution is 6.01. The minimum Gasteiger partial charge on any atom is -0.353 e. The van der Waals surface area contributed by atoms with Gasteiger partial charge in [-0.3, -0.25) is 10.1 Å². The van der Waals surface area contributed by atoms with Crippen molar-refractivity contribution in [1.29, 1.82) is 0 Å². The van der Waals surface area contributed by atoms with E-state index in [0.29, 0.717) is 0 Å². The second kappa shape index (κ2) is 8.57. The minimum atomic E-state index is 0.772. The molecule has 3 N–H and O–H groups in total. The standard InChI is InChI=1S/C28H24N6/c1-2-29-15-18-6-3-7-19(12-18)21-13-24-27(33-34-28(24)31-17-21)26-14-23-22(9-4-10-25(23)32-26)20-8-5-11-30-16-20/h3-14,16-17,29,32H,2,15H2,1H3,(H,31,33,34). The lowest BCUT2D eigenvalue weighted by Crippen LogP contribution is -2.11. The van der Waals surface area contributed by atoms with Crippen molar-refractivity contribution in [2.24, 2.45) is 0 Å². The lowest BCUT2D eigenvalue weighted by atomic mass is 10.0. The van der Waals surface area contributed by atoms with Gasteiger partial charge in [-0.2, -0.15) is 5.10 Å². The van der Waals surface area contributed by atoms with Crippen LogP contribution in [0.2, 0.25) is 0 Å². The Labute approximate surface area is 197 Å². The summed E-state index contributed by atoms with van der Waals surface area (Å²) >= 11 is 0. The van der Waals surface area contributed by atoms with Crippen LogP contribution in [0.1, 0.15) is 12.5 Å². The highest BCUT2D eigenvalue weighted by atomic mass is 15.2. The van der Waals surface area contributed by atoms with Crippen LogP contribution in [0.4, 0.5) is 0 Å². The van der Waals surface area contributed by atoms with E-state index in [2.05, 4.69) is 98.1 Å². The van der Waals surface area contributed by atoms with Crippen molar-refractivity contribution in [3.05, 3.63) is 90.9 Å². The number of aromatic nitrogens is 5. The van der Waals surface area contributed by atoms with Crippen molar-refractivity contribution in [2.45, 2.75) is 13.5 Å². The number of pyridine rings is 2. The summed E-state index contributed by atoms with van der Waals surface area (Å²) in [4.78, 5) is 12.5. The van der Waals surface area contributed by atoms with Crippen molar-refractivity contribution in [2.75, 3.05) is 6.54 Å². The zero-order valence-electron chi connectivity index (χ0n) is 18.8. The van der Waals surface area contributed by atoms with Crippen LogP contribution in [0.3, 0.4) is 0 Å². The van der Waals surface area contributed by atoms with Gasteiger partial charge in [0, 0.05) is 52.6 Å². The molecule has 0 radical (unpaired) electrons. The lowest BCUT2D eigenvalue weighted by Gasteiger charge is -2.06. The molecule has 6 nitrogen and oxygen atoms in total. The number of aromatic amines is 2. The van der Waals surface area contributed by atoms with Crippen LogP contribution in [0, 0.1) is 0 Å². The first-order valence-corrected chi connectivity index (χ1v) is 11.5. The van der Waals surface area contributed by atoms with Gasteiger partial charge >= 0.3 is 0 Å². The Balaban J connectivity index is 1.44. The molecule has 0 saturated heterocycles.